The minimum Gasteiger partial charge on any atom is -0.0713 e. The molecule has 0 bridgehead atoms. The Morgan fingerprint density at radius 3 is 2.11 bits per heavy atom. The van der Waals surface area contributed by atoms with E-state index in [4.69, 9.17) is 0 Å². The van der Waals surface area contributed by atoms with E-state index in [-0.39, 0.29) is 8.80 Å². The molecule has 0 unspecified atom stereocenters. The summed E-state index contributed by atoms with van der Waals surface area (Å²) in [6, 6.07) is 1.52. The van der Waals surface area contributed by atoms with E-state index in [1.54, 1.807) is 0 Å². The van der Waals surface area contributed by atoms with Crippen LogP contribution in [-0.2, 0) is 0 Å². The van der Waals surface area contributed by atoms with Gasteiger partial charge in [0.2, 0.25) is 0 Å². The molecular weight excluding hydrogens is 124 g/mol. The summed E-state index contributed by atoms with van der Waals surface area (Å²) in [5.41, 5.74) is 0. The molecule has 0 aromatic heterocycles. The highest BCUT2D eigenvalue weighted by Gasteiger charge is 1.93. The Morgan fingerprint density at radius 1 is 1.00 bits per heavy atom. The van der Waals surface area contributed by atoms with Crippen molar-refractivity contribution in [1.82, 2.24) is 0 Å². The lowest BCUT2D eigenvalue weighted by Gasteiger charge is -2.00. The second-order valence-electron chi connectivity index (χ2n) is 3.02. The van der Waals surface area contributed by atoms with Crippen molar-refractivity contribution in [2.24, 2.45) is 0 Å². The highest BCUT2D eigenvalue weighted by atomic mass is 28.3. The van der Waals surface area contributed by atoms with Crippen LogP contribution in [0.15, 0.2) is 0 Å². The molecule has 0 aliphatic carbocycles. The standard InChI is InChI=1S/C8H19Si/c1-4-5-6-7-8-9(2)3/h4-8H2,1-3H3. The van der Waals surface area contributed by atoms with Gasteiger partial charge in [0.1, 0.15) is 0 Å². The van der Waals surface area contributed by atoms with Crippen LogP contribution in [0.1, 0.15) is 32.6 Å². The van der Waals surface area contributed by atoms with Gasteiger partial charge in [-0.3, -0.25) is 0 Å². The largest absolute Gasteiger partial charge is 0.0713 e. The summed E-state index contributed by atoms with van der Waals surface area (Å²) in [6.07, 6.45) is 5.76. The SMILES string of the molecule is CCCCCC[Si](C)C. The number of hydrogen-bond acceptors (Lipinski definition) is 0. The summed E-state index contributed by atoms with van der Waals surface area (Å²) in [4.78, 5) is 0. The molecule has 0 aromatic carbocycles. The van der Waals surface area contributed by atoms with Gasteiger partial charge in [-0.2, -0.15) is 0 Å². The van der Waals surface area contributed by atoms with Crippen molar-refractivity contribution in [3.63, 3.8) is 0 Å². The molecular formula is C8H19Si. The van der Waals surface area contributed by atoms with Gasteiger partial charge in [0.15, 0.2) is 0 Å². The fraction of sp³-hybridized carbons (Fsp3) is 1.00. The van der Waals surface area contributed by atoms with Crippen LogP contribution in [0.5, 0.6) is 0 Å². The maximum atomic E-state index is 2.40. The van der Waals surface area contributed by atoms with Gasteiger partial charge in [0, 0.05) is 8.80 Å². The normalized spacial score (nSPS) is 10.7. The van der Waals surface area contributed by atoms with Gasteiger partial charge in [-0.25, -0.2) is 0 Å². The Kier molecular flexibility index (Phi) is 6.49. The molecule has 0 amide bonds. The third-order valence-corrected chi connectivity index (χ3v) is 2.88. The molecule has 55 valence electrons. The molecule has 1 radical (unpaired) electrons. The average Bonchev–Trinajstić information content (AvgIpc) is 1.80. The molecule has 0 saturated carbocycles. The van der Waals surface area contributed by atoms with Crippen LogP contribution in [0.25, 0.3) is 0 Å². The third kappa shape index (κ3) is 8.22. The molecule has 9 heavy (non-hydrogen) atoms. The van der Waals surface area contributed by atoms with E-state index >= 15 is 0 Å². The Labute approximate surface area is 61.3 Å². The summed E-state index contributed by atoms with van der Waals surface area (Å²) in [7, 11) is 0.0849. The molecule has 0 N–H and O–H groups in total. The summed E-state index contributed by atoms with van der Waals surface area (Å²) in [5.74, 6) is 0. The summed E-state index contributed by atoms with van der Waals surface area (Å²) in [6.45, 7) is 7.07. The highest BCUT2D eigenvalue weighted by Crippen LogP contribution is 2.05. The van der Waals surface area contributed by atoms with Crippen LogP contribution in [-0.4, -0.2) is 8.80 Å². The number of rotatable bonds is 5. The molecule has 0 spiro atoms. The van der Waals surface area contributed by atoms with Crippen molar-refractivity contribution in [3.05, 3.63) is 0 Å². The quantitative estimate of drug-likeness (QED) is 0.409. The van der Waals surface area contributed by atoms with Gasteiger partial charge in [-0.1, -0.05) is 51.7 Å². The molecule has 0 aromatic rings. The van der Waals surface area contributed by atoms with Crippen molar-refractivity contribution in [2.45, 2.75) is 51.7 Å². The second-order valence-corrected chi connectivity index (χ2v) is 5.93. The Hall–Kier alpha value is 0.217. The van der Waals surface area contributed by atoms with E-state index in [0.717, 1.165) is 0 Å². The van der Waals surface area contributed by atoms with E-state index in [1.165, 1.54) is 31.7 Å². The minimum absolute atomic E-state index is 0.0849. The molecule has 0 heterocycles. The predicted molar refractivity (Wildman–Crippen MR) is 46.4 cm³/mol. The highest BCUT2D eigenvalue weighted by molar-refractivity contribution is 6.55. The minimum atomic E-state index is 0.0849. The van der Waals surface area contributed by atoms with Crippen LogP contribution in [0, 0.1) is 0 Å². The Bertz CT molecular complexity index is 50.5. The van der Waals surface area contributed by atoms with E-state index in [0.29, 0.717) is 0 Å². The Balaban J connectivity index is 2.75. The average molecular weight is 143 g/mol. The first-order valence-electron chi connectivity index (χ1n) is 4.06. The summed E-state index contributed by atoms with van der Waals surface area (Å²) in [5, 5.41) is 0. The zero-order chi connectivity index (χ0) is 7.11. The summed E-state index contributed by atoms with van der Waals surface area (Å²) >= 11 is 0. The van der Waals surface area contributed by atoms with Gasteiger partial charge < -0.3 is 0 Å². The van der Waals surface area contributed by atoms with E-state index in [9.17, 15) is 0 Å². The fourth-order valence-electron chi connectivity index (χ4n) is 0.905. The smallest absolute Gasteiger partial charge is 0.0412 e. The summed E-state index contributed by atoms with van der Waals surface area (Å²) < 4.78 is 0. The zero-order valence-electron chi connectivity index (χ0n) is 7.04. The molecule has 0 aliphatic heterocycles. The number of unbranched alkanes of at least 4 members (excludes halogenated alkanes) is 3. The second kappa shape index (κ2) is 6.34. The lowest BCUT2D eigenvalue weighted by Crippen LogP contribution is -1.97. The first kappa shape index (κ1) is 9.22. The van der Waals surface area contributed by atoms with E-state index in [1.807, 2.05) is 0 Å². The maximum absolute atomic E-state index is 2.40. The molecule has 1 heteroatoms. The van der Waals surface area contributed by atoms with E-state index < -0.39 is 0 Å². The van der Waals surface area contributed by atoms with Crippen LogP contribution in [0.2, 0.25) is 19.1 Å². The van der Waals surface area contributed by atoms with Crippen LogP contribution in [0.4, 0.5) is 0 Å². The van der Waals surface area contributed by atoms with Gasteiger partial charge in [-0.05, 0) is 0 Å². The van der Waals surface area contributed by atoms with E-state index in [2.05, 4.69) is 20.0 Å². The molecule has 0 atom stereocenters. The first-order chi connectivity index (χ1) is 4.27. The van der Waals surface area contributed by atoms with Crippen molar-refractivity contribution >= 4 is 8.80 Å². The topological polar surface area (TPSA) is 0 Å². The monoisotopic (exact) mass is 143 g/mol. The van der Waals surface area contributed by atoms with Crippen molar-refractivity contribution in [2.75, 3.05) is 0 Å². The lowest BCUT2D eigenvalue weighted by molar-refractivity contribution is 0.699. The fourth-order valence-corrected chi connectivity index (χ4v) is 1.86. The van der Waals surface area contributed by atoms with Crippen LogP contribution < -0.4 is 0 Å². The maximum Gasteiger partial charge on any atom is 0.0412 e. The van der Waals surface area contributed by atoms with Crippen molar-refractivity contribution in [1.29, 1.82) is 0 Å². The van der Waals surface area contributed by atoms with Crippen molar-refractivity contribution < 1.29 is 0 Å². The number of hydrogen-bond donors (Lipinski definition) is 0. The van der Waals surface area contributed by atoms with Gasteiger partial charge in [0.05, 0.1) is 0 Å². The zero-order valence-corrected chi connectivity index (χ0v) is 8.04. The molecule has 0 nitrogen and oxygen atoms in total. The van der Waals surface area contributed by atoms with Crippen molar-refractivity contribution in [3.8, 4) is 0 Å². The van der Waals surface area contributed by atoms with Crippen LogP contribution in [0.3, 0.4) is 0 Å². The van der Waals surface area contributed by atoms with Gasteiger partial charge >= 0.3 is 0 Å². The molecule has 0 saturated heterocycles. The van der Waals surface area contributed by atoms with Gasteiger partial charge in [-0.15, -0.1) is 0 Å². The Morgan fingerprint density at radius 2 is 1.67 bits per heavy atom. The van der Waals surface area contributed by atoms with Gasteiger partial charge in [0.25, 0.3) is 0 Å². The molecule has 0 aliphatic rings. The predicted octanol–water partition coefficient (Wildman–Crippen LogP) is 3.32. The first-order valence-corrected chi connectivity index (χ1v) is 6.77. The van der Waals surface area contributed by atoms with Crippen LogP contribution >= 0.6 is 0 Å². The lowest BCUT2D eigenvalue weighted by atomic mass is 10.2. The molecule has 0 rings (SSSR count). The third-order valence-electron chi connectivity index (χ3n) is 1.53. The molecule has 0 fully saturated rings.